The summed E-state index contributed by atoms with van der Waals surface area (Å²) in [6.45, 7) is 4.54. The van der Waals surface area contributed by atoms with Crippen LogP contribution >= 0.6 is 0 Å². The number of carbonyl (C=O) groups excluding carboxylic acids is 1. The molecule has 2 saturated heterocycles. The van der Waals surface area contributed by atoms with E-state index in [4.69, 9.17) is 9.47 Å². The number of aliphatic hydroxyl groups is 1. The van der Waals surface area contributed by atoms with Crippen LogP contribution in [0.25, 0.3) is 0 Å². The molecule has 0 bridgehead atoms. The molecule has 0 spiro atoms. The summed E-state index contributed by atoms with van der Waals surface area (Å²) >= 11 is 0. The highest BCUT2D eigenvalue weighted by atomic mass is 16.5. The van der Waals surface area contributed by atoms with E-state index >= 15 is 0 Å². The van der Waals surface area contributed by atoms with Crippen LogP contribution in [0.15, 0.2) is 30.3 Å². The van der Waals surface area contributed by atoms with E-state index in [9.17, 15) is 9.90 Å². The van der Waals surface area contributed by atoms with Gasteiger partial charge in [-0.15, -0.1) is 0 Å². The Hall–Kier alpha value is -1.47. The molecule has 0 aromatic heterocycles. The Morgan fingerprint density at radius 1 is 1.20 bits per heavy atom. The Bertz CT molecular complexity index is 548. The fraction of sp³-hybridized carbons (Fsp3) is 0.632. The molecule has 2 aliphatic heterocycles. The predicted molar refractivity (Wildman–Crippen MR) is 94.1 cm³/mol. The van der Waals surface area contributed by atoms with E-state index < -0.39 is 5.60 Å². The van der Waals surface area contributed by atoms with Crippen molar-refractivity contribution in [2.75, 3.05) is 52.5 Å². The van der Waals surface area contributed by atoms with Crippen molar-refractivity contribution >= 4 is 5.91 Å². The first-order valence-electron chi connectivity index (χ1n) is 9.07. The van der Waals surface area contributed by atoms with Crippen LogP contribution in [0.4, 0.5) is 0 Å². The second kappa shape index (κ2) is 8.76. The van der Waals surface area contributed by atoms with Gasteiger partial charge in [0.25, 0.3) is 0 Å². The molecule has 0 radical (unpaired) electrons. The van der Waals surface area contributed by atoms with Crippen LogP contribution in [0.1, 0.15) is 18.4 Å². The summed E-state index contributed by atoms with van der Waals surface area (Å²) in [6, 6.07) is 9.79. The summed E-state index contributed by atoms with van der Waals surface area (Å²) < 4.78 is 11.1. The van der Waals surface area contributed by atoms with Crippen LogP contribution < -0.4 is 0 Å². The molecule has 25 heavy (non-hydrogen) atoms. The largest absolute Gasteiger partial charge is 0.384 e. The lowest BCUT2D eigenvalue weighted by molar-refractivity contribution is -0.139. The number of hydrogen-bond donors (Lipinski definition) is 1. The number of amides is 1. The first-order chi connectivity index (χ1) is 12.1. The van der Waals surface area contributed by atoms with Crippen molar-refractivity contribution in [2.24, 2.45) is 0 Å². The number of likely N-dealkylation sites (tertiary alicyclic amines) is 1. The van der Waals surface area contributed by atoms with E-state index in [0.29, 0.717) is 32.8 Å². The molecule has 3 rings (SSSR count). The molecule has 1 unspecified atom stereocenters. The zero-order valence-corrected chi connectivity index (χ0v) is 14.7. The molecule has 6 heteroatoms. The summed E-state index contributed by atoms with van der Waals surface area (Å²) in [7, 11) is 0. The molecular weight excluding hydrogens is 320 g/mol. The van der Waals surface area contributed by atoms with Crippen molar-refractivity contribution in [1.82, 2.24) is 9.80 Å². The molecule has 1 aromatic rings. The Labute approximate surface area is 149 Å². The highest BCUT2D eigenvalue weighted by Gasteiger charge is 2.36. The minimum Gasteiger partial charge on any atom is -0.384 e. The number of benzene rings is 1. The average molecular weight is 348 g/mol. The summed E-state index contributed by atoms with van der Waals surface area (Å²) in [5.74, 6) is -0.0960. The Balaban J connectivity index is 1.50. The van der Waals surface area contributed by atoms with Gasteiger partial charge in [0.2, 0.25) is 5.91 Å². The molecule has 2 fully saturated rings. The number of β-amino-alcohol motifs (C(OH)–C–C–N with tert-alkyl or cyclic N) is 1. The van der Waals surface area contributed by atoms with E-state index in [1.54, 1.807) is 4.90 Å². The number of rotatable bonds is 6. The van der Waals surface area contributed by atoms with Gasteiger partial charge in [-0.25, -0.2) is 0 Å². The predicted octanol–water partition coefficient (Wildman–Crippen LogP) is 0.889. The van der Waals surface area contributed by atoms with Gasteiger partial charge >= 0.3 is 0 Å². The fourth-order valence-corrected chi connectivity index (χ4v) is 3.50. The molecule has 0 saturated carbocycles. The Morgan fingerprint density at radius 3 is 2.72 bits per heavy atom. The maximum absolute atomic E-state index is 12.5. The summed E-state index contributed by atoms with van der Waals surface area (Å²) in [5, 5.41) is 10.9. The zero-order valence-electron chi connectivity index (χ0n) is 14.7. The van der Waals surface area contributed by atoms with Gasteiger partial charge in [0.15, 0.2) is 0 Å². The highest BCUT2D eigenvalue weighted by molar-refractivity contribution is 5.77. The molecule has 1 amide bonds. The molecule has 2 heterocycles. The van der Waals surface area contributed by atoms with E-state index in [2.05, 4.69) is 4.90 Å². The van der Waals surface area contributed by atoms with Gasteiger partial charge in [-0.3, -0.25) is 4.79 Å². The smallest absolute Gasteiger partial charge is 0.248 e. The molecule has 2 aliphatic rings. The van der Waals surface area contributed by atoms with Crippen molar-refractivity contribution < 1.29 is 19.4 Å². The normalized spacial score (nSPS) is 25.1. The van der Waals surface area contributed by atoms with Crippen molar-refractivity contribution in [2.45, 2.75) is 25.0 Å². The third-order valence-corrected chi connectivity index (χ3v) is 4.77. The van der Waals surface area contributed by atoms with Crippen LogP contribution in [-0.4, -0.2) is 79.0 Å². The second-order valence-corrected chi connectivity index (χ2v) is 7.05. The summed E-state index contributed by atoms with van der Waals surface area (Å²) in [6.07, 6.45) is 2.35. The molecule has 1 atom stereocenters. The lowest BCUT2D eigenvalue weighted by atomic mass is 10.0. The maximum atomic E-state index is 12.5. The molecule has 1 N–H and O–H groups in total. The van der Waals surface area contributed by atoms with Crippen LogP contribution in [0, 0.1) is 0 Å². The topological polar surface area (TPSA) is 62.2 Å². The summed E-state index contributed by atoms with van der Waals surface area (Å²) in [4.78, 5) is 16.4. The van der Waals surface area contributed by atoms with Gasteiger partial charge in [0.05, 0.1) is 26.4 Å². The third kappa shape index (κ3) is 5.51. The molecular formula is C19H28N2O4. The van der Waals surface area contributed by atoms with E-state index in [1.165, 1.54) is 12.8 Å². The van der Waals surface area contributed by atoms with E-state index in [1.807, 2.05) is 30.3 Å². The van der Waals surface area contributed by atoms with Gasteiger partial charge in [-0.05, 0) is 31.5 Å². The lowest BCUT2D eigenvalue weighted by Crippen LogP contribution is -2.53. The van der Waals surface area contributed by atoms with Crippen LogP contribution in [0.3, 0.4) is 0 Å². The van der Waals surface area contributed by atoms with Crippen LogP contribution in [0.2, 0.25) is 0 Å². The monoisotopic (exact) mass is 348 g/mol. The number of ether oxygens (including phenoxy) is 2. The van der Waals surface area contributed by atoms with Gasteiger partial charge in [-0.1, -0.05) is 30.3 Å². The van der Waals surface area contributed by atoms with Crippen molar-refractivity contribution in [3.8, 4) is 0 Å². The van der Waals surface area contributed by atoms with Crippen molar-refractivity contribution in [3.63, 3.8) is 0 Å². The Kier molecular flexibility index (Phi) is 6.42. The van der Waals surface area contributed by atoms with Crippen LogP contribution in [0.5, 0.6) is 0 Å². The van der Waals surface area contributed by atoms with Gasteiger partial charge in [0.1, 0.15) is 12.2 Å². The van der Waals surface area contributed by atoms with Gasteiger partial charge in [-0.2, -0.15) is 0 Å². The van der Waals surface area contributed by atoms with E-state index in [0.717, 1.165) is 18.7 Å². The first kappa shape index (κ1) is 18.3. The molecule has 1 aromatic carbocycles. The summed E-state index contributed by atoms with van der Waals surface area (Å²) in [5.41, 5.74) is 0.0377. The van der Waals surface area contributed by atoms with Gasteiger partial charge in [0, 0.05) is 13.1 Å². The number of nitrogens with zero attached hydrogens (tertiary/aromatic N) is 2. The highest BCUT2D eigenvalue weighted by Crippen LogP contribution is 2.18. The van der Waals surface area contributed by atoms with Crippen molar-refractivity contribution in [3.05, 3.63) is 35.9 Å². The lowest BCUT2D eigenvalue weighted by Gasteiger charge is -2.34. The number of carbonyl (C=O) groups is 1. The number of hydrogen-bond acceptors (Lipinski definition) is 5. The Morgan fingerprint density at radius 2 is 1.96 bits per heavy atom. The maximum Gasteiger partial charge on any atom is 0.248 e. The van der Waals surface area contributed by atoms with Gasteiger partial charge < -0.3 is 24.4 Å². The SMILES string of the molecule is O=C(COCc1ccccc1)N1CCOCC(O)(CN2CCCC2)C1. The first-order valence-corrected chi connectivity index (χ1v) is 9.07. The third-order valence-electron chi connectivity index (χ3n) is 4.77. The average Bonchev–Trinajstić information content (AvgIpc) is 3.03. The zero-order chi connectivity index (χ0) is 17.5. The van der Waals surface area contributed by atoms with Crippen molar-refractivity contribution in [1.29, 1.82) is 0 Å². The standard InChI is InChI=1S/C19H28N2O4/c22-18(13-25-12-17-6-2-1-3-7-17)21-10-11-24-16-19(23,15-21)14-20-8-4-5-9-20/h1-3,6-7,23H,4-5,8-16H2. The minimum absolute atomic E-state index is 0.0225. The molecule has 6 nitrogen and oxygen atoms in total. The quantitative estimate of drug-likeness (QED) is 0.827. The van der Waals surface area contributed by atoms with Crippen LogP contribution in [-0.2, 0) is 20.9 Å². The molecule has 138 valence electrons. The fourth-order valence-electron chi connectivity index (χ4n) is 3.50. The molecule has 0 aliphatic carbocycles. The minimum atomic E-state index is -1.00. The van der Waals surface area contributed by atoms with E-state index in [-0.39, 0.29) is 19.1 Å². The second-order valence-electron chi connectivity index (χ2n) is 7.05.